The van der Waals surface area contributed by atoms with Crippen LogP contribution in [0.5, 0.6) is 0 Å². The third-order valence-electron chi connectivity index (χ3n) is 1.22. The highest BCUT2D eigenvalue weighted by molar-refractivity contribution is 4.31. The molecule has 0 aromatic heterocycles. The van der Waals surface area contributed by atoms with Crippen molar-refractivity contribution in [3.05, 3.63) is 5.59 Å². The Balaban J connectivity index is 3.53. The standard InChI is InChI=1S/C5H15N3O2/c1-4-7(5-2)8(9)6-10-3/h8-9H,4-5H2,1-3H3. The van der Waals surface area contributed by atoms with Crippen molar-refractivity contribution in [3.8, 4) is 0 Å². The van der Waals surface area contributed by atoms with E-state index in [4.69, 9.17) is 5.21 Å². The summed E-state index contributed by atoms with van der Waals surface area (Å²) < 4.78 is 0. The zero-order chi connectivity index (χ0) is 7.98. The largest absolute Gasteiger partial charge is 0.435 e. The molecule has 0 saturated heterocycles. The van der Waals surface area contributed by atoms with Crippen molar-refractivity contribution in [3.63, 3.8) is 0 Å². The van der Waals surface area contributed by atoms with Gasteiger partial charge in [0.25, 0.3) is 0 Å². The lowest BCUT2D eigenvalue weighted by molar-refractivity contribution is -1.16. The van der Waals surface area contributed by atoms with Crippen LogP contribution in [0.1, 0.15) is 13.8 Å². The Morgan fingerprint density at radius 3 is 2.30 bits per heavy atom. The molecule has 10 heavy (non-hydrogen) atoms. The Morgan fingerprint density at radius 2 is 2.00 bits per heavy atom. The molecule has 0 heterocycles. The number of quaternary nitrogens is 1. The second-order valence-electron chi connectivity index (χ2n) is 1.75. The second kappa shape index (κ2) is 5.57. The van der Waals surface area contributed by atoms with Crippen molar-refractivity contribution in [2.45, 2.75) is 13.8 Å². The minimum absolute atomic E-state index is 0.0625. The van der Waals surface area contributed by atoms with E-state index in [1.54, 1.807) is 5.01 Å². The lowest BCUT2D eigenvalue weighted by atomic mass is 10.6. The van der Waals surface area contributed by atoms with E-state index in [0.29, 0.717) is 0 Å². The quantitative estimate of drug-likeness (QED) is 0.512. The molecule has 0 fully saturated rings. The van der Waals surface area contributed by atoms with Crippen LogP contribution in [0, 0.1) is 0 Å². The molecule has 0 amide bonds. The fraction of sp³-hybridized carbons (Fsp3) is 1.00. The molecule has 5 nitrogen and oxygen atoms in total. The average molecular weight is 149 g/mol. The first kappa shape index (κ1) is 9.80. The van der Waals surface area contributed by atoms with E-state index in [1.807, 2.05) is 13.8 Å². The molecule has 0 aromatic rings. The molecule has 0 aromatic carbocycles. The number of nitrogens with one attached hydrogen (secondary N) is 1. The van der Waals surface area contributed by atoms with Crippen LogP contribution in [0.15, 0.2) is 0 Å². The Labute approximate surface area is 61.0 Å². The molecule has 0 aliphatic carbocycles. The first-order valence-electron chi connectivity index (χ1n) is 3.31. The molecular formula is C5H15N3O2. The summed E-state index contributed by atoms with van der Waals surface area (Å²) in [5, 5.41) is 10.7. The Kier molecular flexibility index (Phi) is 5.46. The fourth-order valence-electron chi connectivity index (χ4n) is 0.646. The number of nitrogens with zero attached hydrogens (tertiary/aromatic N) is 2. The molecule has 1 unspecified atom stereocenters. The van der Waals surface area contributed by atoms with Gasteiger partial charge in [-0.15, -0.1) is 5.01 Å². The summed E-state index contributed by atoms with van der Waals surface area (Å²) in [5.74, 6) is 0. The molecule has 0 saturated carbocycles. The Hall–Kier alpha value is -0.200. The Morgan fingerprint density at radius 1 is 1.50 bits per heavy atom. The predicted molar refractivity (Wildman–Crippen MR) is 36.0 cm³/mol. The maximum absolute atomic E-state index is 9.06. The van der Waals surface area contributed by atoms with Gasteiger partial charge in [0.05, 0.1) is 0 Å². The van der Waals surface area contributed by atoms with Crippen molar-refractivity contribution in [1.82, 2.24) is 5.01 Å². The maximum atomic E-state index is 9.06. The molecule has 0 radical (unpaired) electrons. The van der Waals surface area contributed by atoms with E-state index in [1.165, 1.54) is 7.11 Å². The van der Waals surface area contributed by atoms with Crippen LogP contribution >= 0.6 is 0 Å². The summed E-state index contributed by atoms with van der Waals surface area (Å²) in [4.78, 5) is 4.38. The van der Waals surface area contributed by atoms with Gasteiger partial charge in [0.15, 0.2) is 0 Å². The van der Waals surface area contributed by atoms with Crippen molar-refractivity contribution < 1.29 is 15.3 Å². The fourth-order valence-corrected chi connectivity index (χ4v) is 0.646. The monoisotopic (exact) mass is 149 g/mol. The highest BCUT2D eigenvalue weighted by atomic mass is 16.8. The van der Waals surface area contributed by atoms with E-state index in [9.17, 15) is 0 Å². The zero-order valence-electron chi connectivity index (χ0n) is 6.66. The van der Waals surface area contributed by atoms with Crippen molar-refractivity contribution in [2.75, 3.05) is 20.2 Å². The summed E-state index contributed by atoms with van der Waals surface area (Å²) in [5.41, 5.74) is 3.36. The lowest BCUT2D eigenvalue weighted by Crippen LogP contribution is -3.12. The Bertz CT molecular complexity index is 77.3. The lowest BCUT2D eigenvalue weighted by Gasteiger charge is -2.29. The molecule has 5 heteroatoms. The van der Waals surface area contributed by atoms with Crippen LogP contribution in [0.3, 0.4) is 0 Å². The molecule has 0 aliphatic heterocycles. The van der Waals surface area contributed by atoms with Crippen LogP contribution in [0.2, 0.25) is 0 Å². The van der Waals surface area contributed by atoms with Crippen molar-refractivity contribution >= 4 is 0 Å². The van der Waals surface area contributed by atoms with Gasteiger partial charge in [-0.05, 0) is 13.8 Å². The SMILES string of the molecule is CCN(CC)[NH+](O)[N-]OC. The molecule has 62 valence electrons. The van der Waals surface area contributed by atoms with Crippen LogP contribution < -0.4 is 5.28 Å². The maximum Gasteiger partial charge on any atom is 0.0472 e. The summed E-state index contributed by atoms with van der Waals surface area (Å²) in [6, 6.07) is 0. The summed E-state index contributed by atoms with van der Waals surface area (Å²) >= 11 is 0. The number of hydrogen-bond acceptors (Lipinski definition) is 3. The minimum Gasteiger partial charge on any atom is -0.435 e. The van der Waals surface area contributed by atoms with Gasteiger partial charge in [0, 0.05) is 20.2 Å². The van der Waals surface area contributed by atoms with Crippen LogP contribution in [0.4, 0.5) is 0 Å². The highest BCUT2D eigenvalue weighted by Gasteiger charge is 2.04. The zero-order valence-corrected chi connectivity index (χ0v) is 6.66. The average Bonchev–Trinajstić information content (AvgIpc) is 1.91. The number of hydrogen-bond donors (Lipinski definition) is 2. The summed E-state index contributed by atoms with van der Waals surface area (Å²) in [7, 11) is 1.40. The van der Waals surface area contributed by atoms with Crippen molar-refractivity contribution in [1.29, 1.82) is 0 Å². The summed E-state index contributed by atoms with van der Waals surface area (Å²) in [6.45, 7) is 5.33. The topological polar surface area (TPSA) is 51.2 Å². The van der Waals surface area contributed by atoms with Gasteiger partial charge in [0.1, 0.15) is 0 Å². The molecule has 0 spiro atoms. The minimum atomic E-state index is -0.0625. The third kappa shape index (κ3) is 3.09. The van der Waals surface area contributed by atoms with Gasteiger partial charge in [-0.1, -0.05) is 0 Å². The van der Waals surface area contributed by atoms with Gasteiger partial charge in [-0.2, -0.15) is 5.28 Å². The molecule has 0 rings (SSSR count). The second-order valence-corrected chi connectivity index (χ2v) is 1.75. The molecule has 0 bridgehead atoms. The van der Waals surface area contributed by atoms with E-state index in [0.717, 1.165) is 13.1 Å². The first-order chi connectivity index (χ1) is 4.76. The first-order valence-corrected chi connectivity index (χ1v) is 3.31. The van der Waals surface area contributed by atoms with E-state index in [2.05, 4.69) is 10.4 Å². The van der Waals surface area contributed by atoms with Gasteiger partial charge in [-0.25, -0.2) is 5.21 Å². The van der Waals surface area contributed by atoms with Gasteiger partial charge in [-0.3, -0.25) is 5.59 Å². The van der Waals surface area contributed by atoms with Crippen molar-refractivity contribution in [2.24, 2.45) is 0 Å². The van der Waals surface area contributed by atoms with Gasteiger partial charge < -0.3 is 4.84 Å². The highest BCUT2D eigenvalue weighted by Crippen LogP contribution is 1.76. The predicted octanol–water partition coefficient (Wildman–Crippen LogP) is -0.633. The normalized spacial score (nSPS) is 14.1. The summed E-state index contributed by atoms with van der Waals surface area (Å²) in [6.07, 6.45) is 0. The smallest absolute Gasteiger partial charge is 0.0472 e. The van der Waals surface area contributed by atoms with Gasteiger partial charge >= 0.3 is 0 Å². The molecule has 0 aliphatic rings. The third-order valence-corrected chi connectivity index (χ3v) is 1.22. The van der Waals surface area contributed by atoms with E-state index < -0.39 is 0 Å². The van der Waals surface area contributed by atoms with Crippen LogP contribution in [0.25, 0.3) is 5.59 Å². The molecule has 2 N–H and O–H groups in total. The molecular weight excluding hydrogens is 134 g/mol. The number of rotatable bonds is 5. The molecule has 1 atom stereocenters. The van der Waals surface area contributed by atoms with Crippen LogP contribution in [-0.4, -0.2) is 30.4 Å². The van der Waals surface area contributed by atoms with E-state index >= 15 is 0 Å². The van der Waals surface area contributed by atoms with Gasteiger partial charge in [0.2, 0.25) is 0 Å². The van der Waals surface area contributed by atoms with Crippen LogP contribution in [-0.2, 0) is 4.84 Å². The van der Waals surface area contributed by atoms with E-state index in [-0.39, 0.29) is 5.28 Å².